The molecule has 1 aliphatic carbocycles. The smallest absolute Gasteiger partial charge is 0.226 e. The van der Waals surface area contributed by atoms with Crippen molar-refractivity contribution >= 4 is 17.5 Å². The molecule has 1 aromatic rings. The van der Waals surface area contributed by atoms with Crippen molar-refractivity contribution in [2.24, 2.45) is 5.92 Å². The van der Waals surface area contributed by atoms with Gasteiger partial charge >= 0.3 is 0 Å². The minimum Gasteiger partial charge on any atom is -0.475 e. The van der Waals surface area contributed by atoms with Gasteiger partial charge in [-0.05, 0) is 46.0 Å². The first-order valence-electron chi connectivity index (χ1n) is 6.93. The lowest BCUT2D eigenvalue weighted by atomic mass is 10.1. The summed E-state index contributed by atoms with van der Waals surface area (Å²) in [7, 11) is 0. The molecule has 2 unspecified atom stereocenters. The molecule has 2 rings (SSSR count). The molecule has 19 heavy (non-hydrogen) atoms. The highest BCUT2D eigenvalue weighted by Gasteiger charge is 2.22. The Labute approximate surface area is 119 Å². The molecule has 0 bridgehead atoms. The van der Waals surface area contributed by atoms with Gasteiger partial charge in [-0.1, -0.05) is 0 Å². The van der Waals surface area contributed by atoms with E-state index in [1.54, 1.807) is 0 Å². The van der Waals surface area contributed by atoms with Gasteiger partial charge in [-0.15, -0.1) is 11.6 Å². The Hall–Kier alpha value is -1.03. The SMILES string of the molecule is Cc1cc(OC(C)C)nc(NCC2CCC(Cl)C2)n1. The lowest BCUT2D eigenvalue weighted by molar-refractivity contribution is 0.232. The highest BCUT2D eigenvalue weighted by molar-refractivity contribution is 6.20. The van der Waals surface area contributed by atoms with Crippen molar-refractivity contribution < 1.29 is 4.74 Å². The minimum absolute atomic E-state index is 0.119. The van der Waals surface area contributed by atoms with Gasteiger partial charge < -0.3 is 10.1 Å². The summed E-state index contributed by atoms with van der Waals surface area (Å²) in [5.74, 6) is 1.90. The molecule has 1 aromatic heterocycles. The minimum atomic E-state index is 0.119. The topological polar surface area (TPSA) is 47.0 Å². The molecule has 1 fully saturated rings. The second-order valence-corrected chi connectivity index (χ2v) is 6.11. The van der Waals surface area contributed by atoms with Gasteiger partial charge in [0.15, 0.2) is 0 Å². The van der Waals surface area contributed by atoms with Crippen molar-refractivity contribution in [3.63, 3.8) is 0 Å². The van der Waals surface area contributed by atoms with E-state index in [0.29, 0.717) is 23.1 Å². The first kappa shape index (κ1) is 14.4. The van der Waals surface area contributed by atoms with Crippen molar-refractivity contribution in [3.05, 3.63) is 11.8 Å². The Morgan fingerprint density at radius 1 is 1.42 bits per heavy atom. The molecular weight excluding hydrogens is 262 g/mol. The van der Waals surface area contributed by atoms with Crippen LogP contribution in [0.4, 0.5) is 5.95 Å². The molecule has 1 heterocycles. The first-order chi connectivity index (χ1) is 9.02. The average molecular weight is 284 g/mol. The summed E-state index contributed by atoms with van der Waals surface area (Å²) in [4.78, 5) is 8.76. The fraction of sp³-hybridized carbons (Fsp3) is 0.714. The quantitative estimate of drug-likeness (QED) is 0.842. The lowest BCUT2D eigenvalue weighted by Crippen LogP contribution is -2.15. The van der Waals surface area contributed by atoms with Crippen LogP contribution in [0.3, 0.4) is 0 Å². The van der Waals surface area contributed by atoms with Gasteiger partial charge in [0.05, 0.1) is 6.10 Å². The zero-order valence-electron chi connectivity index (χ0n) is 11.8. The van der Waals surface area contributed by atoms with Gasteiger partial charge in [0.1, 0.15) is 0 Å². The maximum Gasteiger partial charge on any atom is 0.226 e. The molecule has 1 N–H and O–H groups in total. The van der Waals surface area contributed by atoms with Gasteiger partial charge in [0, 0.05) is 23.7 Å². The molecule has 5 heteroatoms. The molecule has 4 nitrogen and oxygen atoms in total. The number of rotatable bonds is 5. The number of nitrogens with zero attached hydrogens (tertiary/aromatic N) is 2. The van der Waals surface area contributed by atoms with E-state index in [-0.39, 0.29) is 6.10 Å². The molecule has 0 radical (unpaired) electrons. The number of aromatic nitrogens is 2. The van der Waals surface area contributed by atoms with Gasteiger partial charge in [0.2, 0.25) is 11.8 Å². The largest absolute Gasteiger partial charge is 0.475 e. The Balaban J connectivity index is 1.94. The van der Waals surface area contributed by atoms with Gasteiger partial charge in [-0.25, -0.2) is 4.98 Å². The van der Waals surface area contributed by atoms with Gasteiger partial charge in [-0.3, -0.25) is 0 Å². The Bertz CT molecular complexity index is 425. The predicted octanol–water partition coefficient (Wildman–Crippen LogP) is 3.39. The second kappa shape index (κ2) is 6.42. The number of nitrogens with one attached hydrogen (secondary N) is 1. The number of hydrogen-bond acceptors (Lipinski definition) is 4. The fourth-order valence-corrected chi connectivity index (χ4v) is 2.73. The number of ether oxygens (including phenoxy) is 1. The van der Waals surface area contributed by atoms with Crippen LogP contribution in [0, 0.1) is 12.8 Å². The van der Waals surface area contributed by atoms with Crippen LogP contribution in [0.5, 0.6) is 5.88 Å². The third-order valence-corrected chi connectivity index (χ3v) is 3.61. The third-order valence-electron chi connectivity index (χ3n) is 3.21. The molecule has 0 aliphatic heterocycles. The monoisotopic (exact) mass is 283 g/mol. The standard InChI is InChI=1S/C14H22ClN3O/c1-9(2)19-13-6-10(3)17-14(18-13)16-8-11-4-5-12(15)7-11/h6,9,11-12H,4-5,7-8H2,1-3H3,(H,16,17,18). The van der Waals surface area contributed by atoms with Crippen LogP contribution in [0.25, 0.3) is 0 Å². The zero-order chi connectivity index (χ0) is 13.8. The molecular formula is C14H22ClN3O. The normalized spacial score (nSPS) is 22.8. The molecule has 0 aromatic carbocycles. The van der Waals surface area contributed by atoms with E-state index >= 15 is 0 Å². The van der Waals surface area contributed by atoms with Crippen molar-refractivity contribution in [1.82, 2.24) is 9.97 Å². The molecule has 0 saturated heterocycles. The van der Waals surface area contributed by atoms with Crippen molar-refractivity contribution in [3.8, 4) is 5.88 Å². The van der Waals surface area contributed by atoms with Crippen molar-refractivity contribution in [1.29, 1.82) is 0 Å². The number of aryl methyl sites for hydroxylation is 1. The Morgan fingerprint density at radius 3 is 2.84 bits per heavy atom. The summed E-state index contributed by atoms with van der Waals surface area (Å²) in [6, 6.07) is 1.86. The summed E-state index contributed by atoms with van der Waals surface area (Å²) in [6.07, 6.45) is 3.50. The first-order valence-corrected chi connectivity index (χ1v) is 7.37. The molecule has 1 saturated carbocycles. The Kier molecular flexibility index (Phi) is 4.86. The number of alkyl halides is 1. The maximum absolute atomic E-state index is 6.12. The van der Waals surface area contributed by atoms with E-state index in [1.807, 2.05) is 26.8 Å². The summed E-state index contributed by atoms with van der Waals surface area (Å²) >= 11 is 6.12. The third kappa shape index (κ3) is 4.53. The number of halogens is 1. The van der Waals surface area contributed by atoms with Crippen LogP contribution in [0.2, 0.25) is 0 Å². The predicted molar refractivity (Wildman–Crippen MR) is 78.0 cm³/mol. The highest BCUT2D eigenvalue weighted by atomic mass is 35.5. The van der Waals surface area contributed by atoms with E-state index in [1.165, 1.54) is 6.42 Å². The second-order valence-electron chi connectivity index (χ2n) is 5.50. The molecule has 106 valence electrons. The summed E-state index contributed by atoms with van der Waals surface area (Å²) in [5, 5.41) is 3.64. The number of anilines is 1. The lowest BCUT2D eigenvalue weighted by Gasteiger charge is -2.13. The molecule has 1 aliphatic rings. The van der Waals surface area contributed by atoms with E-state index in [4.69, 9.17) is 16.3 Å². The van der Waals surface area contributed by atoms with Crippen LogP contribution in [0.1, 0.15) is 38.8 Å². The number of hydrogen-bond donors (Lipinski definition) is 1. The Morgan fingerprint density at radius 2 is 2.21 bits per heavy atom. The molecule has 0 amide bonds. The van der Waals surface area contributed by atoms with E-state index in [2.05, 4.69) is 15.3 Å². The van der Waals surface area contributed by atoms with E-state index in [0.717, 1.165) is 25.1 Å². The van der Waals surface area contributed by atoms with E-state index in [9.17, 15) is 0 Å². The highest BCUT2D eigenvalue weighted by Crippen LogP contribution is 2.29. The maximum atomic E-state index is 6.12. The molecule has 0 spiro atoms. The van der Waals surface area contributed by atoms with Crippen LogP contribution in [0.15, 0.2) is 6.07 Å². The summed E-state index contributed by atoms with van der Waals surface area (Å²) < 4.78 is 5.61. The van der Waals surface area contributed by atoms with Gasteiger partial charge in [0.25, 0.3) is 0 Å². The van der Waals surface area contributed by atoms with E-state index < -0.39 is 0 Å². The van der Waals surface area contributed by atoms with Crippen LogP contribution >= 0.6 is 11.6 Å². The summed E-state index contributed by atoms with van der Waals surface area (Å²) in [6.45, 7) is 6.81. The fourth-order valence-electron chi connectivity index (χ4n) is 2.36. The summed E-state index contributed by atoms with van der Waals surface area (Å²) in [5.41, 5.74) is 0.912. The van der Waals surface area contributed by atoms with Crippen LogP contribution in [-0.4, -0.2) is 28.0 Å². The van der Waals surface area contributed by atoms with Crippen molar-refractivity contribution in [2.45, 2.75) is 51.5 Å². The zero-order valence-corrected chi connectivity index (χ0v) is 12.6. The van der Waals surface area contributed by atoms with Crippen LogP contribution in [-0.2, 0) is 0 Å². The van der Waals surface area contributed by atoms with Gasteiger partial charge in [-0.2, -0.15) is 4.98 Å². The average Bonchev–Trinajstić information content (AvgIpc) is 2.71. The molecule has 2 atom stereocenters. The van der Waals surface area contributed by atoms with Crippen LogP contribution < -0.4 is 10.1 Å². The van der Waals surface area contributed by atoms with Crippen molar-refractivity contribution in [2.75, 3.05) is 11.9 Å².